The van der Waals surface area contributed by atoms with Crippen LogP contribution in [0.1, 0.15) is 46.5 Å². The number of hydrogen-bond donors (Lipinski definition) is 3. The van der Waals surface area contributed by atoms with Crippen molar-refractivity contribution in [2.24, 2.45) is 16.2 Å². The van der Waals surface area contributed by atoms with Gasteiger partial charge in [-0.25, -0.2) is 0 Å². The maximum absolute atomic E-state index is 12.1. The van der Waals surface area contributed by atoms with E-state index in [1.165, 1.54) is 19.5 Å². The number of alkyl halides is 3. The summed E-state index contributed by atoms with van der Waals surface area (Å²) < 4.78 is 36.2. The highest BCUT2D eigenvalue weighted by molar-refractivity contribution is 4.91. The number of aliphatic hydroxyl groups is 3. The second-order valence-electron chi connectivity index (χ2n) is 11.4. The minimum absolute atomic E-state index is 0.105. The van der Waals surface area contributed by atoms with Crippen molar-refractivity contribution in [2.45, 2.75) is 58.7 Å². The second-order valence-corrected chi connectivity index (χ2v) is 11.4. The highest BCUT2D eigenvalue weighted by Gasteiger charge is 2.44. The lowest BCUT2D eigenvalue weighted by Gasteiger charge is -2.30. The summed E-state index contributed by atoms with van der Waals surface area (Å²) in [6.07, 6.45) is -3.76. The van der Waals surface area contributed by atoms with E-state index in [0.717, 1.165) is 26.1 Å². The van der Waals surface area contributed by atoms with Gasteiger partial charge in [0.1, 0.15) is 0 Å². The van der Waals surface area contributed by atoms with Gasteiger partial charge >= 0.3 is 6.18 Å². The predicted octanol–water partition coefficient (Wildman–Crippen LogP) is 2.28. The highest BCUT2D eigenvalue weighted by atomic mass is 19.4. The summed E-state index contributed by atoms with van der Waals surface area (Å²) in [5, 5.41) is 27.4. The predicted molar refractivity (Wildman–Crippen MR) is 122 cm³/mol. The molecule has 3 aliphatic heterocycles. The summed E-state index contributed by atoms with van der Waals surface area (Å²) in [7, 11) is 6.05. The normalized spacial score (nSPS) is 29.2. The SMILES string of the molecule is CN1CCC(C)(C(O)CC(F)(F)F)C1.CN1CCC(C)(C)C1.CN1CCC(CO)(CO)C1. The molecule has 3 N–H and O–H groups in total. The number of nitrogens with zero attached hydrogens (tertiary/aromatic N) is 3. The van der Waals surface area contributed by atoms with Gasteiger partial charge in [0.05, 0.1) is 25.7 Å². The minimum atomic E-state index is -4.27. The van der Waals surface area contributed by atoms with E-state index in [1.54, 1.807) is 6.92 Å². The molecule has 6 nitrogen and oxygen atoms in total. The molecule has 0 aliphatic carbocycles. The topological polar surface area (TPSA) is 70.4 Å². The van der Waals surface area contributed by atoms with Gasteiger partial charge in [-0.05, 0) is 65.5 Å². The zero-order valence-corrected chi connectivity index (χ0v) is 20.9. The van der Waals surface area contributed by atoms with Crippen molar-refractivity contribution in [1.82, 2.24) is 14.7 Å². The van der Waals surface area contributed by atoms with Gasteiger partial charge in [-0.3, -0.25) is 0 Å². The maximum Gasteiger partial charge on any atom is 0.391 e. The molecule has 0 aromatic heterocycles. The van der Waals surface area contributed by atoms with Crippen molar-refractivity contribution in [3.05, 3.63) is 0 Å². The first-order valence-corrected chi connectivity index (χ1v) is 11.6. The number of halogens is 3. The third-order valence-corrected chi connectivity index (χ3v) is 7.09. The van der Waals surface area contributed by atoms with Crippen molar-refractivity contribution in [3.8, 4) is 0 Å². The summed E-state index contributed by atoms with van der Waals surface area (Å²) in [5.74, 6) is 0. The van der Waals surface area contributed by atoms with Gasteiger partial charge in [0.2, 0.25) is 0 Å². The fourth-order valence-electron chi connectivity index (χ4n) is 4.81. The molecular formula is C23H46F3N3O3. The first kappa shape index (κ1) is 29.6. The Bertz CT molecular complexity index is 558. The van der Waals surface area contributed by atoms with Gasteiger partial charge in [-0.15, -0.1) is 0 Å². The number of aliphatic hydroxyl groups excluding tert-OH is 3. The first-order valence-electron chi connectivity index (χ1n) is 11.6. The molecular weight excluding hydrogens is 423 g/mol. The van der Waals surface area contributed by atoms with Crippen molar-refractivity contribution >= 4 is 0 Å². The Kier molecular flexibility index (Phi) is 10.9. The molecule has 0 aromatic carbocycles. The molecule has 0 saturated carbocycles. The van der Waals surface area contributed by atoms with E-state index in [1.807, 2.05) is 19.0 Å². The van der Waals surface area contributed by atoms with Crippen LogP contribution in [-0.2, 0) is 0 Å². The average molecular weight is 470 g/mol. The molecule has 3 saturated heterocycles. The lowest BCUT2D eigenvalue weighted by atomic mass is 9.82. The van der Waals surface area contributed by atoms with E-state index in [9.17, 15) is 18.3 Å². The van der Waals surface area contributed by atoms with Crippen molar-refractivity contribution in [3.63, 3.8) is 0 Å². The van der Waals surface area contributed by atoms with Gasteiger partial charge in [0, 0.05) is 30.5 Å². The van der Waals surface area contributed by atoms with E-state index >= 15 is 0 Å². The number of rotatable bonds is 4. The average Bonchev–Trinajstić information content (AvgIpc) is 3.32. The Balaban J connectivity index is 0.000000251. The Morgan fingerprint density at radius 3 is 1.50 bits per heavy atom. The fourth-order valence-corrected chi connectivity index (χ4v) is 4.81. The Morgan fingerprint density at radius 1 is 0.781 bits per heavy atom. The van der Waals surface area contributed by atoms with Gasteiger partial charge in [0.15, 0.2) is 0 Å². The van der Waals surface area contributed by atoms with Crippen LogP contribution >= 0.6 is 0 Å². The van der Waals surface area contributed by atoms with Gasteiger partial charge in [-0.2, -0.15) is 13.2 Å². The molecule has 3 rings (SSSR count). The van der Waals surface area contributed by atoms with Gasteiger partial charge in [0.25, 0.3) is 0 Å². The molecule has 192 valence electrons. The van der Waals surface area contributed by atoms with Crippen LogP contribution in [0.25, 0.3) is 0 Å². The molecule has 0 radical (unpaired) electrons. The smallest absolute Gasteiger partial charge is 0.391 e. The Labute approximate surface area is 192 Å². The lowest BCUT2D eigenvalue weighted by molar-refractivity contribution is -0.166. The van der Waals surface area contributed by atoms with Crippen LogP contribution in [0.5, 0.6) is 0 Å². The molecule has 0 bridgehead atoms. The highest BCUT2D eigenvalue weighted by Crippen LogP contribution is 2.37. The van der Waals surface area contributed by atoms with Crippen LogP contribution in [0.15, 0.2) is 0 Å². The van der Waals surface area contributed by atoms with E-state index < -0.39 is 24.1 Å². The quantitative estimate of drug-likeness (QED) is 0.587. The molecule has 0 amide bonds. The molecule has 3 heterocycles. The molecule has 0 aromatic rings. The van der Waals surface area contributed by atoms with Crippen molar-refractivity contribution in [2.75, 3.05) is 73.6 Å². The molecule has 32 heavy (non-hydrogen) atoms. The molecule has 0 spiro atoms. The zero-order chi connectivity index (χ0) is 24.8. The van der Waals surface area contributed by atoms with Crippen LogP contribution in [0, 0.1) is 16.2 Å². The fraction of sp³-hybridized carbons (Fsp3) is 1.00. The maximum atomic E-state index is 12.1. The van der Waals surface area contributed by atoms with Crippen LogP contribution in [0.4, 0.5) is 13.2 Å². The second kappa shape index (κ2) is 11.8. The summed E-state index contributed by atoms with van der Waals surface area (Å²) in [6, 6.07) is 0. The van der Waals surface area contributed by atoms with E-state index in [-0.39, 0.29) is 18.6 Å². The van der Waals surface area contributed by atoms with Crippen molar-refractivity contribution in [1.29, 1.82) is 0 Å². The van der Waals surface area contributed by atoms with E-state index in [4.69, 9.17) is 10.2 Å². The monoisotopic (exact) mass is 469 g/mol. The molecule has 2 unspecified atom stereocenters. The van der Waals surface area contributed by atoms with Gasteiger partial charge < -0.3 is 30.0 Å². The van der Waals surface area contributed by atoms with Crippen LogP contribution < -0.4 is 0 Å². The minimum Gasteiger partial charge on any atom is -0.396 e. The van der Waals surface area contributed by atoms with Crippen LogP contribution in [0.2, 0.25) is 0 Å². The summed E-state index contributed by atoms with van der Waals surface area (Å²) in [6.45, 7) is 12.2. The Morgan fingerprint density at radius 2 is 1.25 bits per heavy atom. The van der Waals surface area contributed by atoms with Crippen LogP contribution in [0.3, 0.4) is 0 Å². The summed E-state index contributed by atoms with van der Waals surface area (Å²) in [4.78, 5) is 6.46. The van der Waals surface area contributed by atoms with Crippen molar-refractivity contribution < 1.29 is 28.5 Å². The Hall–Kier alpha value is -0.450. The third kappa shape index (κ3) is 9.81. The molecule has 9 heteroatoms. The van der Waals surface area contributed by atoms with E-state index in [2.05, 4.69) is 30.7 Å². The zero-order valence-electron chi connectivity index (χ0n) is 20.9. The molecule has 3 fully saturated rings. The summed E-state index contributed by atoms with van der Waals surface area (Å²) >= 11 is 0. The lowest BCUT2D eigenvalue weighted by Crippen LogP contribution is -2.37. The number of likely N-dealkylation sites (tertiary alicyclic amines) is 3. The van der Waals surface area contributed by atoms with E-state index in [0.29, 0.717) is 18.4 Å². The number of hydrogen-bond acceptors (Lipinski definition) is 6. The largest absolute Gasteiger partial charge is 0.396 e. The van der Waals surface area contributed by atoms with Crippen LogP contribution in [-0.4, -0.2) is 116 Å². The molecule has 3 aliphatic rings. The third-order valence-electron chi connectivity index (χ3n) is 7.09. The first-order chi connectivity index (χ1) is 14.6. The summed E-state index contributed by atoms with van der Waals surface area (Å²) in [5.41, 5.74) is -0.228. The molecule has 2 atom stereocenters. The standard InChI is InChI=1S/C9H16F3NO.C7H15NO2.C7H15N/c1-8(3-4-13(2)6-8)7(14)5-9(10,11)12;1-8-3-2-7(4-8,5-9)6-10;1-7(2)4-5-8(3)6-7/h7,14H,3-6H2,1-2H3;9-10H,2-6H2,1H3;4-6H2,1-3H3. The van der Waals surface area contributed by atoms with Gasteiger partial charge in [-0.1, -0.05) is 20.8 Å².